The summed E-state index contributed by atoms with van der Waals surface area (Å²) in [6, 6.07) is 4.73. The first-order chi connectivity index (χ1) is 9.08. The molecule has 2 N–H and O–H groups in total. The van der Waals surface area contributed by atoms with Crippen molar-refractivity contribution in [2.24, 2.45) is 0 Å². The molecule has 2 rings (SSSR count). The normalized spacial score (nSPS) is 20.4. The minimum absolute atomic E-state index is 0.126. The van der Waals surface area contributed by atoms with E-state index in [1.807, 2.05) is 12.1 Å². The van der Waals surface area contributed by atoms with Crippen LogP contribution in [0.2, 0.25) is 0 Å². The second-order valence-electron chi connectivity index (χ2n) is 4.49. The Kier molecular flexibility index (Phi) is 5.38. The van der Waals surface area contributed by atoms with Crippen molar-refractivity contribution in [1.29, 1.82) is 0 Å². The summed E-state index contributed by atoms with van der Waals surface area (Å²) >= 11 is 6.76. The molecule has 1 saturated heterocycles. The Bertz CT molecular complexity index is 461. The molecule has 0 aromatic heterocycles. The van der Waals surface area contributed by atoms with Gasteiger partial charge in [0.2, 0.25) is 0 Å². The smallest absolute Gasteiger partial charge is 0.325 e. The van der Waals surface area contributed by atoms with Crippen molar-refractivity contribution in [1.82, 2.24) is 5.32 Å². The van der Waals surface area contributed by atoms with Gasteiger partial charge in [0, 0.05) is 22.1 Å². The molecule has 4 nitrogen and oxygen atoms in total. The van der Waals surface area contributed by atoms with Gasteiger partial charge >= 0.3 is 5.97 Å². The van der Waals surface area contributed by atoms with E-state index >= 15 is 0 Å². The van der Waals surface area contributed by atoms with Crippen LogP contribution in [0.25, 0.3) is 0 Å². The zero-order valence-electron chi connectivity index (χ0n) is 10.2. The maximum atomic E-state index is 11.4. The number of hydrogen-bond donors (Lipinski definition) is 2. The van der Waals surface area contributed by atoms with Crippen molar-refractivity contribution in [2.45, 2.75) is 25.0 Å². The summed E-state index contributed by atoms with van der Waals surface area (Å²) in [7, 11) is 0. The molecule has 1 heterocycles. The number of rotatable bonds is 5. The molecule has 2 unspecified atom stereocenters. The number of carboxylic acids is 1. The number of aliphatic carboxylic acids is 1. The van der Waals surface area contributed by atoms with E-state index in [4.69, 9.17) is 4.74 Å². The highest BCUT2D eigenvalue weighted by Crippen LogP contribution is 2.27. The minimum atomic E-state index is -0.882. The van der Waals surface area contributed by atoms with Crippen LogP contribution in [0.3, 0.4) is 0 Å². The van der Waals surface area contributed by atoms with Gasteiger partial charge < -0.3 is 9.84 Å². The lowest BCUT2D eigenvalue weighted by Gasteiger charge is -2.18. The number of ether oxygens (including phenoxy) is 1. The second kappa shape index (κ2) is 6.83. The number of carboxylic acid groups (broad SMARTS) is 1. The number of nitrogens with one attached hydrogen (secondary N) is 1. The molecule has 1 aromatic carbocycles. The Morgan fingerprint density at radius 2 is 2.26 bits per heavy atom. The zero-order valence-corrected chi connectivity index (χ0v) is 13.4. The first kappa shape index (κ1) is 15.0. The molecule has 1 aliphatic heterocycles. The van der Waals surface area contributed by atoms with Crippen molar-refractivity contribution in [3.63, 3.8) is 0 Å². The van der Waals surface area contributed by atoms with Crippen LogP contribution in [0.1, 0.15) is 24.4 Å². The summed E-state index contributed by atoms with van der Waals surface area (Å²) in [4.78, 5) is 11.4. The molecule has 6 heteroatoms. The Balaban J connectivity index is 2.05. The van der Waals surface area contributed by atoms with Gasteiger partial charge in [-0.3, -0.25) is 10.1 Å². The minimum Gasteiger partial charge on any atom is -0.480 e. The first-order valence-electron chi connectivity index (χ1n) is 6.10. The molecule has 1 aromatic rings. The van der Waals surface area contributed by atoms with Crippen molar-refractivity contribution in [2.75, 3.05) is 13.2 Å². The van der Waals surface area contributed by atoms with Crippen LogP contribution in [-0.2, 0) is 9.53 Å². The van der Waals surface area contributed by atoms with Gasteiger partial charge in [-0.15, -0.1) is 0 Å². The molecule has 0 aliphatic carbocycles. The van der Waals surface area contributed by atoms with Crippen LogP contribution < -0.4 is 5.32 Å². The fourth-order valence-corrected chi connectivity index (χ4v) is 2.74. The Morgan fingerprint density at radius 3 is 2.84 bits per heavy atom. The molecule has 1 fully saturated rings. The van der Waals surface area contributed by atoms with Gasteiger partial charge in [0.15, 0.2) is 0 Å². The van der Waals surface area contributed by atoms with E-state index < -0.39 is 12.0 Å². The number of carbonyl (C=O) groups is 1. The maximum Gasteiger partial charge on any atom is 0.325 e. The van der Waals surface area contributed by atoms with Gasteiger partial charge in [-0.05, 0) is 62.4 Å². The Hall–Kier alpha value is -0.430. The quantitative estimate of drug-likeness (QED) is 0.808. The van der Waals surface area contributed by atoms with Gasteiger partial charge in [0.1, 0.15) is 6.04 Å². The van der Waals surface area contributed by atoms with Crippen molar-refractivity contribution in [3.8, 4) is 0 Å². The monoisotopic (exact) mass is 391 g/mol. The van der Waals surface area contributed by atoms with E-state index in [1.165, 1.54) is 0 Å². The Labute approximate surface area is 128 Å². The summed E-state index contributed by atoms with van der Waals surface area (Å²) in [6.45, 7) is 1.33. The highest BCUT2D eigenvalue weighted by molar-refractivity contribution is 9.13. The third kappa shape index (κ3) is 4.02. The molecule has 0 spiro atoms. The molecule has 0 amide bonds. The van der Waals surface area contributed by atoms with Crippen LogP contribution in [-0.4, -0.2) is 30.3 Å². The van der Waals surface area contributed by atoms with Gasteiger partial charge in [-0.25, -0.2) is 0 Å². The van der Waals surface area contributed by atoms with E-state index in [1.54, 1.807) is 6.07 Å². The molecule has 2 atom stereocenters. The van der Waals surface area contributed by atoms with Crippen LogP contribution in [0, 0.1) is 0 Å². The molecule has 19 heavy (non-hydrogen) atoms. The fourth-order valence-electron chi connectivity index (χ4n) is 2.09. The topological polar surface area (TPSA) is 58.6 Å². The highest BCUT2D eigenvalue weighted by atomic mass is 79.9. The van der Waals surface area contributed by atoms with E-state index in [2.05, 4.69) is 37.2 Å². The van der Waals surface area contributed by atoms with Gasteiger partial charge in [-0.1, -0.05) is 6.07 Å². The second-order valence-corrected chi connectivity index (χ2v) is 6.20. The molecular formula is C13H15Br2NO3. The highest BCUT2D eigenvalue weighted by Gasteiger charge is 2.23. The molecule has 0 radical (unpaired) electrons. The van der Waals surface area contributed by atoms with Crippen molar-refractivity contribution < 1.29 is 14.6 Å². The lowest BCUT2D eigenvalue weighted by atomic mass is 10.1. The van der Waals surface area contributed by atoms with Gasteiger partial charge in [0.25, 0.3) is 0 Å². The predicted octanol–water partition coefficient (Wildman–Crippen LogP) is 3.11. The molecular weight excluding hydrogens is 378 g/mol. The third-order valence-electron chi connectivity index (χ3n) is 3.10. The largest absolute Gasteiger partial charge is 0.480 e. The van der Waals surface area contributed by atoms with E-state index in [0.717, 1.165) is 34.0 Å². The Morgan fingerprint density at radius 1 is 1.47 bits per heavy atom. The van der Waals surface area contributed by atoms with E-state index in [0.29, 0.717) is 6.54 Å². The standard InChI is InChI=1S/C13H15Br2NO3/c14-10-4-3-8(6-11(10)15)12(13(17)18)16-7-9-2-1-5-19-9/h3-4,6,9,12,16H,1-2,5,7H2,(H,17,18). The van der Waals surface area contributed by atoms with Crippen LogP contribution in [0.4, 0.5) is 0 Å². The average molecular weight is 393 g/mol. The number of benzene rings is 1. The summed E-state index contributed by atoms with van der Waals surface area (Å²) in [5.41, 5.74) is 0.723. The summed E-state index contributed by atoms with van der Waals surface area (Å²) in [5, 5.41) is 12.4. The summed E-state index contributed by atoms with van der Waals surface area (Å²) in [6.07, 6.45) is 2.16. The number of hydrogen-bond acceptors (Lipinski definition) is 3. The van der Waals surface area contributed by atoms with Crippen LogP contribution in [0.5, 0.6) is 0 Å². The van der Waals surface area contributed by atoms with Crippen LogP contribution in [0.15, 0.2) is 27.1 Å². The lowest BCUT2D eigenvalue weighted by Crippen LogP contribution is -2.34. The fraction of sp³-hybridized carbons (Fsp3) is 0.462. The van der Waals surface area contributed by atoms with E-state index in [9.17, 15) is 9.90 Å². The SMILES string of the molecule is O=C(O)C(NCC1CCCO1)c1ccc(Br)c(Br)c1. The van der Waals surface area contributed by atoms with Crippen molar-refractivity contribution in [3.05, 3.63) is 32.7 Å². The van der Waals surface area contributed by atoms with Gasteiger partial charge in [-0.2, -0.15) is 0 Å². The molecule has 104 valence electrons. The third-order valence-corrected chi connectivity index (χ3v) is 4.98. The lowest BCUT2D eigenvalue weighted by molar-refractivity contribution is -0.139. The van der Waals surface area contributed by atoms with E-state index in [-0.39, 0.29) is 6.10 Å². The molecule has 0 saturated carbocycles. The summed E-state index contributed by atoms with van der Waals surface area (Å²) in [5.74, 6) is -0.882. The molecule has 1 aliphatic rings. The number of halogens is 2. The predicted molar refractivity (Wildman–Crippen MR) is 79.2 cm³/mol. The first-order valence-corrected chi connectivity index (χ1v) is 7.69. The molecule has 0 bridgehead atoms. The van der Waals surface area contributed by atoms with Gasteiger partial charge in [0.05, 0.1) is 6.10 Å². The van der Waals surface area contributed by atoms with Crippen LogP contribution >= 0.6 is 31.9 Å². The maximum absolute atomic E-state index is 11.4. The van der Waals surface area contributed by atoms with Crippen molar-refractivity contribution >= 4 is 37.8 Å². The zero-order chi connectivity index (χ0) is 13.8. The summed E-state index contributed by atoms with van der Waals surface area (Å²) < 4.78 is 7.23. The average Bonchev–Trinajstić information content (AvgIpc) is 2.86.